The normalized spacial score (nSPS) is 11.8. The second kappa shape index (κ2) is 14.5. The molecule has 1 atom stereocenters. The molecule has 1 unspecified atom stereocenters. The van der Waals surface area contributed by atoms with Crippen LogP contribution in [-0.2, 0) is 10.1 Å². The van der Waals surface area contributed by atoms with Crippen LogP contribution in [0.25, 0.3) is 11.1 Å². The van der Waals surface area contributed by atoms with E-state index in [4.69, 9.17) is 20.4 Å². The lowest BCUT2D eigenvalue weighted by atomic mass is 9.87. The van der Waals surface area contributed by atoms with Gasteiger partial charge in [0.25, 0.3) is 21.9 Å². The van der Waals surface area contributed by atoms with Crippen molar-refractivity contribution in [2.75, 3.05) is 25.3 Å². The highest BCUT2D eigenvalue weighted by atomic mass is 32.2. The monoisotopic (exact) mass is 629 g/mol. The van der Waals surface area contributed by atoms with Gasteiger partial charge < -0.3 is 31.3 Å². The number of anilines is 1. The van der Waals surface area contributed by atoms with Crippen LogP contribution in [0.2, 0.25) is 0 Å². The van der Waals surface area contributed by atoms with Crippen LogP contribution in [0, 0.1) is 10.8 Å². The van der Waals surface area contributed by atoms with Gasteiger partial charge in [0.05, 0.1) is 31.6 Å². The molecule has 0 radical (unpaired) electrons. The highest BCUT2D eigenvalue weighted by Gasteiger charge is 2.28. The third-order valence-electron chi connectivity index (χ3n) is 6.08. The summed E-state index contributed by atoms with van der Waals surface area (Å²) in [6, 6.07) is 13.1. The van der Waals surface area contributed by atoms with Gasteiger partial charge in [0.1, 0.15) is 17.3 Å². The van der Waals surface area contributed by atoms with Crippen molar-refractivity contribution in [2.24, 2.45) is 11.1 Å². The molecule has 0 aliphatic carbocycles. The number of amidine groups is 1. The number of aliphatic hydroxyl groups excluding tert-OH is 1. The van der Waals surface area contributed by atoms with Crippen LogP contribution in [0.5, 0.6) is 5.75 Å². The Kier molecular flexibility index (Phi) is 11.7. The van der Waals surface area contributed by atoms with Crippen molar-refractivity contribution in [3.05, 3.63) is 77.1 Å². The summed E-state index contributed by atoms with van der Waals surface area (Å²) in [6.07, 6.45) is 0.715. The molecular weight excluding hydrogens is 594 g/mol. The van der Waals surface area contributed by atoms with Crippen LogP contribution >= 0.6 is 0 Å². The number of carboxylic acid groups (broad SMARTS) is 1. The quantitative estimate of drug-likeness (QED) is 0.103. The van der Waals surface area contributed by atoms with Crippen molar-refractivity contribution in [3.8, 4) is 16.9 Å². The van der Waals surface area contributed by atoms with E-state index in [1.54, 1.807) is 30.3 Å². The van der Waals surface area contributed by atoms with Crippen molar-refractivity contribution < 1.29 is 42.3 Å². The van der Waals surface area contributed by atoms with Crippen LogP contribution in [0.15, 0.2) is 54.6 Å². The number of carbonyl (C=O) groups excluding carboxylic acids is 2. The third kappa shape index (κ3) is 10.1. The molecule has 0 spiro atoms. The van der Waals surface area contributed by atoms with Crippen LogP contribution < -0.4 is 21.1 Å². The Bertz CT molecular complexity index is 1640. The number of carboxylic acids is 1. The molecule has 0 bridgehead atoms. The number of nitrogens with zero attached hydrogens (tertiary/aromatic N) is 1. The van der Waals surface area contributed by atoms with E-state index in [2.05, 4.69) is 15.6 Å². The zero-order valence-electron chi connectivity index (χ0n) is 24.7. The van der Waals surface area contributed by atoms with E-state index in [1.165, 1.54) is 31.4 Å². The number of rotatable bonds is 9. The van der Waals surface area contributed by atoms with Gasteiger partial charge in [0, 0.05) is 16.8 Å². The lowest BCUT2D eigenvalue weighted by molar-refractivity contribution is 0.0690. The highest BCUT2D eigenvalue weighted by Crippen LogP contribution is 2.31. The first-order valence-corrected chi connectivity index (χ1v) is 14.7. The predicted molar refractivity (Wildman–Crippen MR) is 164 cm³/mol. The fourth-order valence-electron chi connectivity index (χ4n) is 3.74. The van der Waals surface area contributed by atoms with Crippen molar-refractivity contribution >= 4 is 39.4 Å². The van der Waals surface area contributed by atoms with Gasteiger partial charge in [-0.1, -0.05) is 20.8 Å². The molecule has 2 aromatic carbocycles. The smallest absolute Gasteiger partial charge is 0.355 e. The number of nitrogen functional groups attached to an aromatic ring is 1. The summed E-state index contributed by atoms with van der Waals surface area (Å²) in [7, 11) is -2.23. The fourth-order valence-corrected chi connectivity index (χ4v) is 3.74. The minimum Gasteiger partial charge on any atom is -0.497 e. The molecule has 2 amide bonds. The Balaban J connectivity index is 0.00000125. The molecule has 15 heteroatoms. The van der Waals surface area contributed by atoms with Crippen LogP contribution in [-0.4, -0.2) is 77.8 Å². The number of methoxy groups -OCH3 is 1. The summed E-state index contributed by atoms with van der Waals surface area (Å²) in [5, 5.41) is 32.5. The van der Waals surface area contributed by atoms with Gasteiger partial charge in [-0.2, -0.15) is 8.42 Å². The lowest BCUT2D eigenvalue weighted by Gasteiger charge is -2.29. The molecule has 1 aromatic heterocycles. The third-order valence-corrected chi connectivity index (χ3v) is 6.08. The summed E-state index contributed by atoms with van der Waals surface area (Å²) < 4.78 is 31.1. The van der Waals surface area contributed by atoms with Gasteiger partial charge in [-0.15, -0.1) is 0 Å². The van der Waals surface area contributed by atoms with Gasteiger partial charge in [0.15, 0.2) is 5.69 Å². The Morgan fingerprint density at radius 3 is 2.07 bits per heavy atom. The van der Waals surface area contributed by atoms with E-state index >= 15 is 0 Å². The maximum absolute atomic E-state index is 13.3. The number of benzene rings is 2. The molecule has 1 heterocycles. The molecule has 0 aliphatic rings. The maximum Gasteiger partial charge on any atom is 0.355 e. The first-order chi connectivity index (χ1) is 20.3. The van der Waals surface area contributed by atoms with Crippen molar-refractivity contribution in [3.63, 3.8) is 0 Å². The molecule has 0 fully saturated rings. The van der Waals surface area contributed by atoms with Crippen molar-refractivity contribution in [1.29, 1.82) is 5.41 Å². The topological polar surface area (TPSA) is 242 Å². The van der Waals surface area contributed by atoms with E-state index in [1.807, 2.05) is 20.8 Å². The van der Waals surface area contributed by atoms with Crippen molar-refractivity contribution in [1.82, 2.24) is 10.3 Å². The number of carbonyl (C=O) groups is 3. The summed E-state index contributed by atoms with van der Waals surface area (Å²) >= 11 is 0. The maximum atomic E-state index is 13.3. The summed E-state index contributed by atoms with van der Waals surface area (Å²) in [5.41, 5.74) is 5.87. The lowest BCUT2D eigenvalue weighted by Crippen LogP contribution is -2.46. The number of aliphatic hydroxyl groups is 1. The molecule has 0 aliphatic heterocycles. The minimum absolute atomic E-state index is 0.111. The first-order valence-electron chi connectivity index (χ1n) is 12.9. The van der Waals surface area contributed by atoms with E-state index in [-0.39, 0.29) is 34.8 Å². The zero-order chi connectivity index (χ0) is 33.4. The number of aromatic carboxylic acids is 1. The van der Waals surface area contributed by atoms with Crippen molar-refractivity contribution in [2.45, 2.75) is 26.8 Å². The predicted octanol–water partition coefficient (Wildman–Crippen LogP) is 2.63. The van der Waals surface area contributed by atoms with E-state index < -0.39 is 45.1 Å². The van der Waals surface area contributed by atoms with Gasteiger partial charge in [-0.25, -0.2) is 9.78 Å². The molecule has 236 valence electrons. The Morgan fingerprint density at radius 1 is 1.02 bits per heavy atom. The molecule has 3 aromatic rings. The van der Waals surface area contributed by atoms with Crippen LogP contribution in [0.1, 0.15) is 57.7 Å². The van der Waals surface area contributed by atoms with Crippen LogP contribution in [0.3, 0.4) is 0 Å². The molecular formula is C29H35N5O9S. The first kappa shape index (κ1) is 35.3. The number of amides is 2. The second-order valence-electron chi connectivity index (χ2n) is 10.6. The number of pyridine rings is 1. The number of aromatic nitrogens is 1. The number of nitrogens with two attached hydrogens (primary N) is 1. The Hall–Kier alpha value is -4.86. The molecule has 3 rings (SSSR count). The van der Waals surface area contributed by atoms with E-state index in [0.29, 0.717) is 23.3 Å². The molecule has 44 heavy (non-hydrogen) atoms. The zero-order valence-corrected chi connectivity index (χ0v) is 25.5. The average molecular weight is 630 g/mol. The standard InChI is InChI=1S/C28H31N5O6.CH4O3S/c1-28(2,3)22(14-34)33-26(36)21-12-11-19(23(32-21)27(37)38)18-10-9-17(39-4)13-20(18)25(35)31-16-7-5-15(6-8-16)24(29)30;1-5(2,3)4/h5-13,22,34H,14H2,1-4H3,(H3,29,30)(H,31,35)(H,33,36)(H,37,38);1H3,(H,2,3,4). The molecule has 0 saturated heterocycles. The Morgan fingerprint density at radius 2 is 1.59 bits per heavy atom. The van der Waals surface area contributed by atoms with E-state index in [9.17, 15) is 33.0 Å². The largest absolute Gasteiger partial charge is 0.497 e. The number of hydrogen-bond acceptors (Lipinski definition) is 9. The fraction of sp³-hybridized carbons (Fsp3) is 0.276. The van der Waals surface area contributed by atoms with Gasteiger partial charge in [-0.3, -0.25) is 19.6 Å². The summed E-state index contributed by atoms with van der Waals surface area (Å²) in [5.74, 6) is -2.32. The minimum atomic E-state index is -3.67. The molecule has 0 saturated carbocycles. The molecule has 14 nitrogen and oxygen atoms in total. The summed E-state index contributed by atoms with van der Waals surface area (Å²) in [4.78, 5) is 42.4. The average Bonchev–Trinajstić information content (AvgIpc) is 2.93. The number of nitrogens with one attached hydrogen (secondary N) is 3. The van der Waals surface area contributed by atoms with Crippen LogP contribution in [0.4, 0.5) is 5.69 Å². The highest BCUT2D eigenvalue weighted by molar-refractivity contribution is 7.85. The SMILES string of the molecule is COc1ccc(-c2ccc(C(=O)NC(CO)C(C)(C)C)nc2C(=O)O)c(C(=O)Nc2ccc(C(=N)N)cc2)c1.CS(=O)(=O)O. The number of ether oxygens (including phenoxy) is 1. The van der Waals surface area contributed by atoms with Gasteiger partial charge in [-0.05, 0) is 65.6 Å². The van der Waals surface area contributed by atoms with E-state index in [0.717, 1.165) is 0 Å². The Labute approximate surface area is 254 Å². The number of hydrogen-bond donors (Lipinski definition) is 7. The van der Waals surface area contributed by atoms with Gasteiger partial charge in [0.2, 0.25) is 0 Å². The summed E-state index contributed by atoms with van der Waals surface area (Å²) in [6.45, 7) is 5.24. The second-order valence-corrected chi connectivity index (χ2v) is 12.0. The molecule has 8 N–H and O–H groups in total. The van der Waals surface area contributed by atoms with Gasteiger partial charge >= 0.3 is 5.97 Å².